The van der Waals surface area contributed by atoms with Crippen LogP contribution < -0.4 is 14.2 Å². The molecule has 130 valence electrons. The monoisotopic (exact) mass is 421 g/mol. The third-order valence-electron chi connectivity index (χ3n) is 3.10. The molecule has 0 radical (unpaired) electrons. The van der Waals surface area contributed by atoms with Crippen LogP contribution in [0.5, 0.6) is 22.6 Å². The predicted molar refractivity (Wildman–Crippen MR) is 98.6 cm³/mol. The van der Waals surface area contributed by atoms with Crippen LogP contribution in [0, 0.1) is 0 Å². The molecule has 0 bridgehead atoms. The van der Waals surface area contributed by atoms with Gasteiger partial charge in [-0.2, -0.15) is 0 Å². The number of rotatable bonds is 7. The predicted octanol–water partition coefficient (Wildman–Crippen LogP) is 5.03. The Morgan fingerprint density at radius 3 is 2.52 bits per heavy atom. The maximum Gasteiger partial charge on any atom is 0.294 e. The first-order valence-corrected chi connectivity index (χ1v) is 9.27. The van der Waals surface area contributed by atoms with Crippen LogP contribution in [0.3, 0.4) is 0 Å². The van der Waals surface area contributed by atoms with Gasteiger partial charge < -0.3 is 14.2 Å². The molecule has 6 nitrogen and oxygen atoms in total. The van der Waals surface area contributed by atoms with Crippen molar-refractivity contribution in [3.63, 3.8) is 0 Å². The van der Waals surface area contributed by atoms with Gasteiger partial charge in [0, 0.05) is 16.7 Å². The highest BCUT2D eigenvalue weighted by Gasteiger charge is 2.14. The molecule has 0 spiro atoms. The maximum atomic E-state index is 5.89. The summed E-state index contributed by atoms with van der Waals surface area (Å²) >= 11 is 4.73. The molecule has 3 rings (SSSR count). The van der Waals surface area contributed by atoms with E-state index in [1.807, 2.05) is 44.2 Å². The van der Waals surface area contributed by atoms with E-state index in [1.165, 1.54) is 11.3 Å². The molecule has 0 amide bonds. The van der Waals surface area contributed by atoms with Crippen molar-refractivity contribution in [3.8, 4) is 22.6 Å². The van der Waals surface area contributed by atoms with E-state index in [2.05, 4.69) is 31.1 Å². The van der Waals surface area contributed by atoms with Crippen LogP contribution in [-0.2, 0) is 0 Å². The van der Waals surface area contributed by atoms with Crippen molar-refractivity contribution < 1.29 is 14.2 Å². The van der Waals surface area contributed by atoms with E-state index in [0.717, 1.165) is 15.2 Å². The molecule has 0 saturated carbocycles. The van der Waals surface area contributed by atoms with Gasteiger partial charge >= 0.3 is 0 Å². The number of nitrogens with zero attached hydrogens (tertiary/aromatic N) is 3. The normalized spacial score (nSPS) is 11.8. The summed E-state index contributed by atoms with van der Waals surface area (Å²) in [5, 5.41) is 9.39. The number of halogens is 1. The van der Waals surface area contributed by atoms with E-state index >= 15 is 0 Å². The second-order valence-corrected chi connectivity index (χ2v) is 6.87. The fourth-order valence-corrected chi connectivity index (χ4v) is 2.92. The number of benzene rings is 1. The van der Waals surface area contributed by atoms with Gasteiger partial charge in [0.2, 0.25) is 5.88 Å². The molecule has 1 unspecified atom stereocenters. The summed E-state index contributed by atoms with van der Waals surface area (Å²) in [6.45, 7) is 4.40. The van der Waals surface area contributed by atoms with Gasteiger partial charge in [-0.3, -0.25) is 0 Å². The van der Waals surface area contributed by atoms with Gasteiger partial charge in [-0.25, -0.2) is 4.98 Å². The summed E-state index contributed by atoms with van der Waals surface area (Å²) in [5.41, 5.74) is 0. The smallest absolute Gasteiger partial charge is 0.294 e. The molecule has 3 aromatic rings. The van der Waals surface area contributed by atoms with Crippen molar-refractivity contribution in [1.82, 2.24) is 15.2 Å². The molecule has 0 saturated heterocycles. The molecule has 8 heteroatoms. The number of ether oxygens (including phenoxy) is 3. The molecule has 0 aliphatic rings. The lowest BCUT2D eigenvalue weighted by atomic mass is 10.3. The van der Waals surface area contributed by atoms with Crippen LogP contribution in [0.4, 0.5) is 0 Å². The maximum absolute atomic E-state index is 5.89. The van der Waals surface area contributed by atoms with Crippen LogP contribution >= 0.6 is 27.3 Å². The first-order chi connectivity index (χ1) is 12.1. The minimum absolute atomic E-state index is 0.216. The van der Waals surface area contributed by atoms with Gasteiger partial charge in [0.25, 0.3) is 5.19 Å². The molecule has 0 aliphatic heterocycles. The van der Waals surface area contributed by atoms with Crippen molar-refractivity contribution in [3.05, 3.63) is 52.1 Å². The van der Waals surface area contributed by atoms with Gasteiger partial charge in [-0.05, 0) is 60.1 Å². The van der Waals surface area contributed by atoms with Gasteiger partial charge in [0.15, 0.2) is 5.01 Å². The van der Waals surface area contributed by atoms with Crippen LogP contribution in [0.15, 0.2) is 47.1 Å². The summed E-state index contributed by atoms with van der Waals surface area (Å²) in [6, 6.07) is 11.0. The van der Waals surface area contributed by atoms with Gasteiger partial charge in [-0.15, -0.1) is 5.10 Å². The Hall–Kier alpha value is -2.19. The largest absolute Gasteiger partial charge is 0.483 e. The van der Waals surface area contributed by atoms with Crippen LogP contribution in [0.25, 0.3) is 0 Å². The lowest BCUT2D eigenvalue weighted by Crippen LogP contribution is -2.02. The highest BCUT2D eigenvalue weighted by atomic mass is 79.9. The van der Waals surface area contributed by atoms with E-state index in [0.29, 0.717) is 23.4 Å². The Morgan fingerprint density at radius 1 is 1.08 bits per heavy atom. The van der Waals surface area contributed by atoms with Gasteiger partial charge in [0.05, 0.1) is 6.61 Å². The lowest BCUT2D eigenvalue weighted by molar-refractivity contribution is 0.225. The number of pyridine rings is 1. The Balaban J connectivity index is 1.60. The Morgan fingerprint density at radius 2 is 1.84 bits per heavy atom. The second-order valence-electron chi connectivity index (χ2n) is 4.99. The molecular weight excluding hydrogens is 406 g/mol. The zero-order valence-electron chi connectivity index (χ0n) is 13.7. The van der Waals surface area contributed by atoms with Gasteiger partial charge in [0.1, 0.15) is 17.6 Å². The quantitative estimate of drug-likeness (QED) is 0.532. The average Bonchev–Trinajstić information content (AvgIpc) is 3.08. The zero-order chi connectivity index (χ0) is 17.6. The second kappa shape index (κ2) is 8.26. The van der Waals surface area contributed by atoms with Crippen molar-refractivity contribution in [2.24, 2.45) is 0 Å². The van der Waals surface area contributed by atoms with E-state index in [4.69, 9.17) is 14.2 Å². The Labute approximate surface area is 157 Å². The van der Waals surface area contributed by atoms with Crippen LogP contribution in [0.2, 0.25) is 0 Å². The minimum atomic E-state index is -0.216. The van der Waals surface area contributed by atoms with E-state index in [1.54, 1.807) is 12.3 Å². The molecule has 0 N–H and O–H groups in total. The third-order valence-corrected chi connectivity index (χ3v) is 4.56. The molecule has 0 fully saturated rings. The standard InChI is InChI=1S/C17H16BrN3O3S/c1-3-22-17-21-20-16(25-17)11(2)23-13-5-7-14(8-6-13)24-15-9-4-12(18)10-19-15/h4-11H,3H2,1-2H3. The minimum Gasteiger partial charge on any atom is -0.483 e. The average molecular weight is 422 g/mol. The summed E-state index contributed by atoms with van der Waals surface area (Å²) < 4.78 is 17.8. The van der Waals surface area contributed by atoms with Gasteiger partial charge in [-0.1, -0.05) is 16.4 Å². The fourth-order valence-electron chi connectivity index (χ4n) is 1.95. The Bertz CT molecular complexity index is 809. The van der Waals surface area contributed by atoms with Crippen molar-refractivity contribution in [2.75, 3.05) is 6.61 Å². The molecule has 0 aliphatic carbocycles. The summed E-state index contributed by atoms with van der Waals surface area (Å²) in [4.78, 5) is 4.18. The SMILES string of the molecule is CCOc1nnc(C(C)Oc2ccc(Oc3ccc(Br)cn3)cc2)s1. The van der Waals surface area contributed by atoms with E-state index in [-0.39, 0.29) is 6.10 Å². The number of hydrogen-bond donors (Lipinski definition) is 0. The van der Waals surface area contributed by atoms with Crippen molar-refractivity contribution in [2.45, 2.75) is 20.0 Å². The van der Waals surface area contributed by atoms with Crippen molar-refractivity contribution >= 4 is 27.3 Å². The number of aromatic nitrogens is 3. The molecular formula is C17H16BrN3O3S. The molecule has 2 aromatic heterocycles. The van der Waals surface area contributed by atoms with Crippen LogP contribution in [-0.4, -0.2) is 21.8 Å². The lowest BCUT2D eigenvalue weighted by Gasteiger charge is -2.12. The zero-order valence-corrected chi connectivity index (χ0v) is 16.1. The van der Waals surface area contributed by atoms with E-state index < -0.39 is 0 Å². The fraction of sp³-hybridized carbons (Fsp3) is 0.235. The summed E-state index contributed by atoms with van der Waals surface area (Å²) in [7, 11) is 0. The van der Waals surface area contributed by atoms with E-state index in [9.17, 15) is 0 Å². The molecule has 2 heterocycles. The highest BCUT2D eigenvalue weighted by molar-refractivity contribution is 9.10. The third kappa shape index (κ3) is 4.90. The molecule has 1 atom stereocenters. The topological polar surface area (TPSA) is 66.4 Å². The first kappa shape index (κ1) is 17.6. The van der Waals surface area contributed by atoms with Crippen LogP contribution in [0.1, 0.15) is 25.0 Å². The molecule has 25 heavy (non-hydrogen) atoms. The summed E-state index contributed by atoms with van der Waals surface area (Å²) in [5.74, 6) is 1.93. The molecule has 1 aromatic carbocycles. The highest BCUT2D eigenvalue weighted by Crippen LogP contribution is 2.29. The number of hydrogen-bond acceptors (Lipinski definition) is 7. The van der Waals surface area contributed by atoms with Crippen molar-refractivity contribution in [1.29, 1.82) is 0 Å². The Kier molecular flexibility index (Phi) is 5.83. The summed E-state index contributed by atoms with van der Waals surface area (Å²) in [6.07, 6.45) is 1.47. The first-order valence-electron chi connectivity index (χ1n) is 7.66.